The fraction of sp³-hybridized carbons (Fsp3) is 0.933. The van der Waals surface area contributed by atoms with Crippen molar-refractivity contribution in [2.24, 2.45) is 5.73 Å². The van der Waals surface area contributed by atoms with Crippen molar-refractivity contribution in [2.75, 3.05) is 32.7 Å². The second-order valence-corrected chi connectivity index (χ2v) is 5.22. The molecule has 0 saturated carbocycles. The van der Waals surface area contributed by atoms with Crippen LogP contribution in [0.15, 0.2) is 0 Å². The van der Waals surface area contributed by atoms with Gasteiger partial charge in [0.25, 0.3) is 0 Å². The van der Waals surface area contributed by atoms with Gasteiger partial charge in [0.2, 0.25) is 5.91 Å². The molecule has 0 fully saturated rings. The van der Waals surface area contributed by atoms with Gasteiger partial charge in [0.05, 0.1) is 0 Å². The Morgan fingerprint density at radius 3 is 2.16 bits per heavy atom. The predicted octanol–water partition coefficient (Wildman–Crippen LogP) is 2.08. The molecule has 0 aromatic carbocycles. The first-order chi connectivity index (χ1) is 9.04. The third-order valence-corrected chi connectivity index (χ3v) is 3.58. The van der Waals surface area contributed by atoms with E-state index in [4.69, 9.17) is 5.73 Å². The quantitative estimate of drug-likeness (QED) is 0.626. The monoisotopic (exact) mass is 271 g/mol. The molecule has 0 aliphatic carbocycles. The van der Waals surface area contributed by atoms with E-state index in [-0.39, 0.29) is 11.9 Å². The van der Waals surface area contributed by atoms with Crippen LogP contribution in [0.1, 0.15) is 53.4 Å². The first-order valence-electron chi connectivity index (χ1n) is 7.80. The molecule has 0 aliphatic heterocycles. The molecule has 114 valence electrons. The van der Waals surface area contributed by atoms with E-state index in [1.54, 1.807) is 0 Å². The Morgan fingerprint density at radius 2 is 1.68 bits per heavy atom. The second-order valence-electron chi connectivity index (χ2n) is 5.22. The SMILES string of the molecule is CCN(CC)CCCN(CC)C(=O)CCCC(C)N. The van der Waals surface area contributed by atoms with E-state index in [1.807, 2.05) is 11.8 Å². The Bertz CT molecular complexity index is 227. The van der Waals surface area contributed by atoms with Gasteiger partial charge in [0.1, 0.15) is 0 Å². The molecule has 0 bridgehead atoms. The summed E-state index contributed by atoms with van der Waals surface area (Å²) in [5, 5.41) is 0. The maximum Gasteiger partial charge on any atom is 0.222 e. The molecule has 0 aromatic rings. The molecule has 4 heteroatoms. The van der Waals surface area contributed by atoms with Gasteiger partial charge in [-0.25, -0.2) is 0 Å². The van der Waals surface area contributed by atoms with Crippen molar-refractivity contribution in [3.8, 4) is 0 Å². The molecule has 0 saturated heterocycles. The normalized spacial score (nSPS) is 12.7. The minimum Gasteiger partial charge on any atom is -0.343 e. The van der Waals surface area contributed by atoms with Crippen molar-refractivity contribution in [2.45, 2.75) is 59.4 Å². The van der Waals surface area contributed by atoms with Gasteiger partial charge in [-0.05, 0) is 52.7 Å². The van der Waals surface area contributed by atoms with E-state index >= 15 is 0 Å². The van der Waals surface area contributed by atoms with Crippen LogP contribution in [0.25, 0.3) is 0 Å². The Kier molecular flexibility index (Phi) is 10.9. The lowest BCUT2D eigenvalue weighted by atomic mass is 10.1. The van der Waals surface area contributed by atoms with E-state index in [2.05, 4.69) is 25.7 Å². The highest BCUT2D eigenvalue weighted by atomic mass is 16.2. The lowest BCUT2D eigenvalue weighted by molar-refractivity contribution is -0.131. The van der Waals surface area contributed by atoms with Gasteiger partial charge in [-0.1, -0.05) is 13.8 Å². The minimum atomic E-state index is 0.200. The number of amides is 1. The van der Waals surface area contributed by atoms with Gasteiger partial charge in [-0.2, -0.15) is 0 Å². The van der Waals surface area contributed by atoms with Gasteiger partial charge in [0.15, 0.2) is 0 Å². The largest absolute Gasteiger partial charge is 0.343 e. The zero-order valence-electron chi connectivity index (χ0n) is 13.3. The molecule has 0 heterocycles. The molecule has 1 atom stereocenters. The van der Waals surface area contributed by atoms with Crippen molar-refractivity contribution in [3.05, 3.63) is 0 Å². The van der Waals surface area contributed by atoms with Crippen LogP contribution in [-0.4, -0.2) is 54.5 Å². The lowest BCUT2D eigenvalue weighted by Gasteiger charge is -2.23. The zero-order valence-corrected chi connectivity index (χ0v) is 13.3. The van der Waals surface area contributed by atoms with Crippen LogP contribution in [0.5, 0.6) is 0 Å². The number of carbonyl (C=O) groups excluding carboxylic acids is 1. The molecule has 0 radical (unpaired) electrons. The third-order valence-electron chi connectivity index (χ3n) is 3.58. The lowest BCUT2D eigenvalue weighted by Crippen LogP contribution is -2.34. The van der Waals surface area contributed by atoms with E-state index < -0.39 is 0 Å². The number of nitrogens with zero attached hydrogens (tertiary/aromatic N) is 2. The van der Waals surface area contributed by atoms with Gasteiger partial charge < -0.3 is 15.5 Å². The van der Waals surface area contributed by atoms with Crippen molar-refractivity contribution < 1.29 is 4.79 Å². The van der Waals surface area contributed by atoms with Crippen LogP contribution in [0, 0.1) is 0 Å². The zero-order chi connectivity index (χ0) is 14.7. The second kappa shape index (κ2) is 11.2. The number of hydrogen-bond donors (Lipinski definition) is 1. The number of nitrogens with two attached hydrogens (primary N) is 1. The first-order valence-corrected chi connectivity index (χ1v) is 7.80. The minimum absolute atomic E-state index is 0.200. The van der Waals surface area contributed by atoms with Gasteiger partial charge in [-0.3, -0.25) is 4.79 Å². The molecule has 1 amide bonds. The highest BCUT2D eigenvalue weighted by molar-refractivity contribution is 5.76. The molecule has 4 nitrogen and oxygen atoms in total. The summed E-state index contributed by atoms with van der Waals surface area (Å²) in [6, 6.07) is 0.200. The summed E-state index contributed by atoms with van der Waals surface area (Å²) in [4.78, 5) is 16.4. The van der Waals surface area contributed by atoms with Crippen LogP contribution < -0.4 is 5.73 Å². The van der Waals surface area contributed by atoms with E-state index in [0.29, 0.717) is 6.42 Å². The molecule has 2 N–H and O–H groups in total. The summed E-state index contributed by atoms with van der Waals surface area (Å²) in [6.07, 6.45) is 3.54. The summed E-state index contributed by atoms with van der Waals surface area (Å²) in [6.45, 7) is 13.4. The van der Waals surface area contributed by atoms with Crippen LogP contribution in [0.4, 0.5) is 0 Å². The first kappa shape index (κ1) is 18.4. The third kappa shape index (κ3) is 9.00. The fourth-order valence-corrected chi connectivity index (χ4v) is 2.22. The maximum atomic E-state index is 12.0. The smallest absolute Gasteiger partial charge is 0.222 e. The molecular formula is C15H33N3O. The standard InChI is InChI=1S/C15H33N3O/c1-5-17(6-2)12-9-13-18(7-3)15(19)11-8-10-14(4)16/h14H,5-13,16H2,1-4H3. The van der Waals surface area contributed by atoms with Gasteiger partial charge in [-0.15, -0.1) is 0 Å². The van der Waals surface area contributed by atoms with Crippen LogP contribution in [-0.2, 0) is 4.79 Å². The molecule has 0 aliphatic rings. The Morgan fingerprint density at radius 1 is 1.05 bits per heavy atom. The fourth-order valence-electron chi connectivity index (χ4n) is 2.22. The Labute approximate surface area is 119 Å². The summed E-state index contributed by atoms with van der Waals surface area (Å²) >= 11 is 0. The van der Waals surface area contributed by atoms with E-state index in [1.165, 1.54) is 0 Å². The Hall–Kier alpha value is -0.610. The summed E-state index contributed by atoms with van der Waals surface area (Å²) < 4.78 is 0. The topological polar surface area (TPSA) is 49.6 Å². The molecule has 1 unspecified atom stereocenters. The van der Waals surface area contributed by atoms with Crippen molar-refractivity contribution in [3.63, 3.8) is 0 Å². The van der Waals surface area contributed by atoms with Crippen molar-refractivity contribution in [1.29, 1.82) is 0 Å². The van der Waals surface area contributed by atoms with Crippen LogP contribution >= 0.6 is 0 Å². The molecular weight excluding hydrogens is 238 g/mol. The van der Waals surface area contributed by atoms with Crippen LogP contribution in [0.3, 0.4) is 0 Å². The summed E-state index contributed by atoms with van der Waals surface area (Å²) in [5.74, 6) is 0.280. The van der Waals surface area contributed by atoms with Gasteiger partial charge in [0, 0.05) is 25.6 Å². The van der Waals surface area contributed by atoms with Crippen LogP contribution in [0.2, 0.25) is 0 Å². The average Bonchev–Trinajstić information content (AvgIpc) is 2.38. The van der Waals surface area contributed by atoms with E-state index in [0.717, 1.165) is 52.0 Å². The molecule has 0 aromatic heterocycles. The molecule has 19 heavy (non-hydrogen) atoms. The van der Waals surface area contributed by atoms with E-state index in [9.17, 15) is 4.79 Å². The number of carbonyl (C=O) groups is 1. The Balaban J connectivity index is 3.88. The summed E-state index contributed by atoms with van der Waals surface area (Å²) in [5.41, 5.74) is 5.70. The maximum absolute atomic E-state index is 12.0. The van der Waals surface area contributed by atoms with Crippen molar-refractivity contribution in [1.82, 2.24) is 9.80 Å². The molecule has 0 rings (SSSR count). The highest BCUT2D eigenvalue weighted by Crippen LogP contribution is 2.04. The van der Waals surface area contributed by atoms with Gasteiger partial charge >= 0.3 is 0 Å². The molecule has 0 spiro atoms. The van der Waals surface area contributed by atoms with Crippen molar-refractivity contribution >= 4 is 5.91 Å². The number of hydrogen-bond acceptors (Lipinski definition) is 3. The number of rotatable bonds is 11. The average molecular weight is 271 g/mol. The highest BCUT2D eigenvalue weighted by Gasteiger charge is 2.11. The predicted molar refractivity (Wildman–Crippen MR) is 82.2 cm³/mol. The summed E-state index contributed by atoms with van der Waals surface area (Å²) in [7, 11) is 0.